The molecule has 0 aromatic heterocycles. The number of oxime groups is 1. The van der Waals surface area contributed by atoms with Crippen molar-refractivity contribution in [2.45, 2.75) is 6.42 Å². The van der Waals surface area contributed by atoms with Gasteiger partial charge < -0.3 is 9.74 Å². The minimum Gasteiger partial charge on any atom is -0.399 e. The van der Waals surface area contributed by atoms with E-state index in [9.17, 15) is 0 Å². The summed E-state index contributed by atoms with van der Waals surface area (Å²) in [6.07, 6.45) is 5.08. The monoisotopic (exact) mass is 190 g/mol. The zero-order valence-corrected chi connectivity index (χ0v) is 8.30. The lowest BCUT2D eigenvalue weighted by Gasteiger charge is -2.20. The molecule has 0 saturated carbocycles. The van der Waals surface area contributed by atoms with Crippen molar-refractivity contribution < 1.29 is 4.84 Å². The zero-order chi connectivity index (χ0) is 8.10. The van der Waals surface area contributed by atoms with Crippen LogP contribution >= 0.6 is 12.4 Å². The van der Waals surface area contributed by atoms with Gasteiger partial charge in [-0.05, 0) is 19.0 Å². The van der Waals surface area contributed by atoms with Gasteiger partial charge in [-0.1, -0.05) is 11.2 Å². The summed E-state index contributed by atoms with van der Waals surface area (Å²) in [4.78, 5) is 6.85. The molecular formula is C8H15ClN2O. The van der Waals surface area contributed by atoms with Crippen LogP contribution in [0.3, 0.4) is 0 Å². The summed E-state index contributed by atoms with van der Waals surface area (Å²) < 4.78 is 0. The largest absolute Gasteiger partial charge is 0.399 e. The van der Waals surface area contributed by atoms with E-state index in [-0.39, 0.29) is 12.4 Å². The molecule has 0 aromatic carbocycles. The molecule has 0 aromatic rings. The normalized spacial score (nSPS) is 18.7. The Labute approximate surface area is 79.5 Å². The molecule has 4 heteroatoms. The molecule has 0 saturated heterocycles. The predicted octanol–water partition coefficient (Wildman–Crippen LogP) is 1.30. The number of halogens is 1. The summed E-state index contributed by atoms with van der Waals surface area (Å²) in [5.74, 6) is 0. The maximum absolute atomic E-state index is 4.59. The summed E-state index contributed by atoms with van der Waals surface area (Å²) in [6.45, 7) is 2.12. The highest BCUT2D eigenvalue weighted by atomic mass is 35.5. The van der Waals surface area contributed by atoms with E-state index in [1.54, 1.807) is 13.3 Å². The molecule has 0 bridgehead atoms. The third-order valence-electron chi connectivity index (χ3n) is 1.69. The quantitative estimate of drug-likeness (QED) is 0.485. The van der Waals surface area contributed by atoms with Crippen molar-refractivity contribution in [3.05, 3.63) is 11.6 Å². The van der Waals surface area contributed by atoms with E-state index in [0.717, 1.165) is 19.5 Å². The fourth-order valence-electron chi connectivity index (χ4n) is 1.14. The number of nitrogens with zero attached hydrogens (tertiary/aromatic N) is 2. The molecule has 0 atom stereocenters. The van der Waals surface area contributed by atoms with Crippen molar-refractivity contribution in [2.24, 2.45) is 5.16 Å². The van der Waals surface area contributed by atoms with E-state index < -0.39 is 0 Å². The van der Waals surface area contributed by atoms with E-state index in [2.05, 4.69) is 28.0 Å². The summed E-state index contributed by atoms with van der Waals surface area (Å²) in [6, 6.07) is 0. The first-order valence-corrected chi connectivity index (χ1v) is 3.77. The van der Waals surface area contributed by atoms with Gasteiger partial charge in [-0.25, -0.2) is 0 Å². The molecule has 0 N–H and O–H groups in total. The highest BCUT2D eigenvalue weighted by Crippen LogP contribution is 2.04. The van der Waals surface area contributed by atoms with Crippen LogP contribution in [0.4, 0.5) is 0 Å². The van der Waals surface area contributed by atoms with Gasteiger partial charge in [0.05, 0.1) is 6.21 Å². The van der Waals surface area contributed by atoms with Crippen molar-refractivity contribution in [3.8, 4) is 0 Å². The molecule has 0 radical (unpaired) electrons. The van der Waals surface area contributed by atoms with E-state index in [4.69, 9.17) is 0 Å². The first-order chi connectivity index (χ1) is 5.33. The Morgan fingerprint density at radius 2 is 2.42 bits per heavy atom. The summed E-state index contributed by atoms with van der Waals surface area (Å²) in [7, 11) is 3.66. The second kappa shape index (κ2) is 6.03. The van der Waals surface area contributed by atoms with E-state index >= 15 is 0 Å². The second-order valence-electron chi connectivity index (χ2n) is 2.72. The van der Waals surface area contributed by atoms with Crippen LogP contribution in [0.1, 0.15) is 6.42 Å². The summed E-state index contributed by atoms with van der Waals surface area (Å²) >= 11 is 0. The van der Waals surface area contributed by atoms with Gasteiger partial charge in [0, 0.05) is 13.1 Å². The Hall–Kier alpha value is -0.540. The third kappa shape index (κ3) is 3.74. The molecule has 1 aliphatic heterocycles. The lowest BCUT2D eigenvalue weighted by Crippen LogP contribution is -2.25. The SMILES string of the molecule is CO/N=C/C1=CCCN(C)C1.Cl. The van der Waals surface area contributed by atoms with E-state index in [0.29, 0.717) is 0 Å². The maximum Gasteiger partial charge on any atom is 0.106 e. The number of hydrogen-bond acceptors (Lipinski definition) is 3. The van der Waals surface area contributed by atoms with Crippen LogP contribution in [0.5, 0.6) is 0 Å². The molecule has 3 nitrogen and oxygen atoms in total. The van der Waals surface area contributed by atoms with Crippen molar-refractivity contribution in [1.29, 1.82) is 0 Å². The molecule has 70 valence electrons. The smallest absolute Gasteiger partial charge is 0.106 e. The molecule has 0 amide bonds. The van der Waals surface area contributed by atoms with E-state index in [1.165, 1.54) is 5.57 Å². The van der Waals surface area contributed by atoms with Crippen molar-refractivity contribution in [3.63, 3.8) is 0 Å². The number of hydrogen-bond donors (Lipinski definition) is 0. The lowest BCUT2D eigenvalue weighted by atomic mass is 10.1. The second-order valence-corrected chi connectivity index (χ2v) is 2.72. The topological polar surface area (TPSA) is 24.8 Å². The standard InChI is InChI=1S/C8H14N2O.ClH/c1-10-5-3-4-8(7-10)6-9-11-2;/h4,6H,3,5,7H2,1-2H3;1H/b9-6+;. The van der Waals surface area contributed by atoms with Crippen LogP contribution in [0.15, 0.2) is 16.8 Å². The van der Waals surface area contributed by atoms with Crippen LogP contribution < -0.4 is 0 Å². The number of likely N-dealkylation sites (N-methyl/N-ethyl adjacent to an activating group) is 1. The van der Waals surface area contributed by atoms with Crippen LogP contribution in [0.25, 0.3) is 0 Å². The van der Waals surface area contributed by atoms with Gasteiger partial charge in [0.25, 0.3) is 0 Å². The van der Waals surface area contributed by atoms with Gasteiger partial charge in [-0.2, -0.15) is 0 Å². The molecule has 0 aliphatic carbocycles. The molecule has 0 spiro atoms. The van der Waals surface area contributed by atoms with Gasteiger partial charge in [-0.3, -0.25) is 0 Å². The number of rotatable bonds is 2. The van der Waals surface area contributed by atoms with Gasteiger partial charge in [0.1, 0.15) is 7.11 Å². The first kappa shape index (κ1) is 11.5. The fourth-order valence-corrected chi connectivity index (χ4v) is 1.14. The van der Waals surface area contributed by atoms with Crippen molar-refractivity contribution in [2.75, 3.05) is 27.2 Å². The average Bonchev–Trinajstić information content (AvgIpc) is 2.01. The first-order valence-electron chi connectivity index (χ1n) is 3.77. The van der Waals surface area contributed by atoms with Crippen LogP contribution in [-0.2, 0) is 4.84 Å². The minimum absolute atomic E-state index is 0. The van der Waals surface area contributed by atoms with Gasteiger partial charge in [0.15, 0.2) is 0 Å². The van der Waals surface area contributed by atoms with Crippen LogP contribution in [0.2, 0.25) is 0 Å². The van der Waals surface area contributed by atoms with Crippen LogP contribution in [-0.4, -0.2) is 38.4 Å². The Kier molecular flexibility index (Phi) is 5.76. The molecule has 1 rings (SSSR count). The highest BCUT2D eigenvalue weighted by Gasteiger charge is 2.05. The molecule has 0 unspecified atom stereocenters. The fraction of sp³-hybridized carbons (Fsp3) is 0.625. The minimum atomic E-state index is 0. The molecule has 1 aliphatic rings. The molecular weight excluding hydrogens is 176 g/mol. The predicted molar refractivity (Wildman–Crippen MR) is 52.9 cm³/mol. The molecule has 1 heterocycles. The van der Waals surface area contributed by atoms with Crippen LogP contribution in [0, 0.1) is 0 Å². The van der Waals surface area contributed by atoms with Gasteiger partial charge in [0.2, 0.25) is 0 Å². The van der Waals surface area contributed by atoms with Crippen molar-refractivity contribution >= 4 is 18.6 Å². The summed E-state index contributed by atoms with van der Waals surface area (Å²) in [5.41, 5.74) is 1.24. The highest BCUT2D eigenvalue weighted by molar-refractivity contribution is 5.85. The Morgan fingerprint density at radius 3 is 3.00 bits per heavy atom. The van der Waals surface area contributed by atoms with E-state index in [1.807, 2.05) is 0 Å². The molecule has 0 fully saturated rings. The average molecular weight is 191 g/mol. The zero-order valence-electron chi connectivity index (χ0n) is 7.49. The maximum atomic E-state index is 4.59. The lowest BCUT2D eigenvalue weighted by molar-refractivity contribution is 0.215. The third-order valence-corrected chi connectivity index (χ3v) is 1.69. The summed E-state index contributed by atoms with van der Waals surface area (Å²) in [5, 5.41) is 3.71. The molecule has 12 heavy (non-hydrogen) atoms. The Bertz CT molecular complexity index is 180. The Balaban J connectivity index is 0.00000121. The Morgan fingerprint density at radius 1 is 1.67 bits per heavy atom. The van der Waals surface area contributed by atoms with Crippen molar-refractivity contribution in [1.82, 2.24) is 4.90 Å². The van der Waals surface area contributed by atoms with Gasteiger partial charge in [-0.15, -0.1) is 12.4 Å². The van der Waals surface area contributed by atoms with Gasteiger partial charge >= 0.3 is 0 Å².